The molecule has 6 heteroatoms. The van der Waals surface area contributed by atoms with Gasteiger partial charge in [0.05, 0.1) is 19.3 Å². The topological polar surface area (TPSA) is 42.0 Å². The van der Waals surface area contributed by atoms with E-state index >= 15 is 0 Å². The van der Waals surface area contributed by atoms with E-state index in [1.54, 1.807) is 12.0 Å². The number of morpholine rings is 1. The average molecular weight is 400 g/mol. The summed E-state index contributed by atoms with van der Waals surface area (Å²) in [7, 11) is 1.61. The van der Waals surface area contributed by atoms with E-state index < -0.39 is 0 Å². The van der Waals surface area contributed by atoms with E-state index in [2.05, 4.69) is 36.1 Å². The fourth-order valence-electron chi connectivity index (χ4n) is 3.48. The van der Waals surface area contributed by atoms with Gasteiger partial charge in [-0.1, -0.05) is 29.8 Å². The van der Waals surface area contributed by atoms with Gasteiger partial charge in [0.2, 0.25) is 0 Å². The fourth-order valence-corrected chi connectivity index (χ4v) is 3.48. The normalized spacial score (nSPS) is 17.3. The molecule has 1 aliphatic heterocycles. The molecule has 29 heavy (non-hydrogen) atoms. The van der Waals surface area contributed by atoms with Crippen molar-refractivity contribution < 1.29 is 18.7 Å². The van der Waals surface area contributed by atoms with E-state index in [0.717, 1.165) is 19.6 Å². The SMILES string of the molecule is COCCN(CC1CN(Cc2ccc(C)cc2)CCO1)C(=O)c1ccc(F)cc1. The maximum absolute atomic E-state index is 13.2. The van der Waals surface area contributed by atoms with Crippen LogP contribution in [0.5, 0.6) is 0 Å². The molecule has 0 radical (unpaired) electrons. The van der Waals surface area contributed by atoms with Crippen LogP contribution in [0.2, 0.25) is 0 Å². The number of methoxy groups -OCH3 is 1. The number of ether oxygens (including phenoxy) is 2. The summed E-state index contributed by atoms with van der Waals surface area (Å²) in [5.41, 5.74) is 2.99. The van der Waals surface area contributed by atoms with Gasteiger partial charge in [-0.25, -0.2) is 4.39 Å². The molecule has 2 aromatic rings. The van der Waals surface area contributed by atoms with Crippen molar-refractivity contribution in [3.8, 4) is 0 Å². The molecule has 0 aromatic heterocycles. The zero-order valence-electron chi connectivity index (χ0n) is 17.1. The number of hydrogen-bond acceptors (Lipinski definition) is 4. The summed E-state index contributed by atoms with van der Waals surface area (Å²) in [6.07, 6.45) is -0.0737. The van der Waals surface area contributed by atoms with Crippen molar-refractivity contribution in [2.24, 2.45) is 0 Å². The molecule has 0 bridgehead atoms. The van der Waals surface area contributed by atoms with Crippen molar-refractivity contribution >= 4 is 5.91 Å². The number of aryl methyl sites for hydroxylation is 1. The predicted molar refractivity (Wildman–Crippen MR) is 110 cm³/mol. The molecule has 0 N–H and O–H groups in total. The summed E-state index contributed by atoms with van der Waals surface area (Å²) in [5, 5.41) is 0. The number of hydrogen-bond donors (Lipinski definition) is 0. The first kappa shape index (κ1) is 21.4. The van der Waals surface area contributed by atoms with Crippen LogP contribution in [-0.4, -0.2) is 68.3 Å². The molecule has 1 fully saturated rings. The highest BCUT2D eigenvalue weighted by atomic mass is 19.1. The standard InChI is InChI=1S/C23H29FN2O3/c1-18-3-5-19(6-4-18)15-25-11-14-29-22(16-25)17-26(12-13-28-2)23(27)20-7-9-21(24)10-8-20/h3-10,22H,11-17H2,1-2H3. The van der Waals surface area contributed by atoms with Gasteiger partial charge in [0.1, 0.15) is 5.82 Å². The van der Waals surface area contributed by atoms with Gasteiger partial charge in [-0.3, -0.25) is 9.69 Å². The fraction of sp³-hybridized carbons (Fsp3) is 0.435. The van der Waals surface area contributed by atoms with Crippen LogP contribution in [0.15, 0.2) is 48.5 Å². The Morgan fingerprint density at radius 3 is 2.62 bits per heavy atom. The van der Waals surface area contributed by atoms with Gasteiger partial charge >= 0.3 is 0 Å². The Kier molecular flexibility index (Phi) is 7.75. The second-order valence-corrected chi connectivity index (χ2v) is 7.46. The first-order chi connectivity index (χ1) is 14.0. The minimum absolute atomic E-state index is 0.0737. The minimum atomic E-state index is -0.354. The molecule has 1 amide bonds. The van der Waals surface area contributed by atoms with Crippen LogP contribution < -0.4 is 0 Å². The van der Waals surface area contributed by atoms with Gasteiger partial charge in [0.15, 0.2) is 0 Å². The van der Waals surface area contributed by atoms with Gasteiger partial charge in [0, 0.05) is 45.4 Å². The van der Waals surface area contributed by atoms with Gasteiger partial charge in [-0.2, -0.15) is 0 Å². The third-order valence-corrected chi connectivity index (χ3v) is 5.12. The number of amides is 1. The Morgan fingerprint density at radius 1 is 1.21 bits per heavy atom. The van der Waals surface area contributed by atoms with Crippen molar-refractivity contribution in [2.45, 2.75) is 19.6 Å². The lowest BCUT2D eigenvalue weighted by Gasteiger charge is -2.36. The van der Waals surface area contributed by atoms with Crippen LogP contribution in [0.1, 0.15) is 21.5 Å². The molecular weight excluding hydrogens is 371 g/mol. The minimum Gasteiger partial charge on any atom is -0.383 e. The van der Waals surface area contributed by atoms with Crippen molar-refractivity contribution in [2.75, 3.05) is 46.5 Å². The molecular formula is C23H29FN2O3. The number of halogens is 1. The monoisotopic (exact) mass is 400 g/mol. The third kappa shape index (κ3) is 6.35. The second kappa shape index (κ2) is 10.5. The summed E-state index contributed by atoms with van der Waals surface area (Å²) in [6, 6.07) is 14.2. The first-order valence-electron chi connectivity index (χ1n) is 9.98. The molecule has 0 aliphatic carbocycles. The Labute approximate surface area is 172 Å². The average Bonchev–Trinajstić information content (AvgIpc) is 2.73. The number of carbonyl (C=O) groups excluding carboxylic acids is 1. The van der Waals surface area contributed by atoms with E-state index in [1.165, 1.54) is 35.4 Å². The summed E-state index contributed by atoms with van der Waals surface area (Å²) in [5.74, 6) is -0.492. The van der Waals surface area contributed by atoms with E-state index in [-0.39, 0.29) is 17.8 Å². The molecule has 5 nitrogen and oxygen atoms in total. The molecule has 1 heterocycles. The molecule has 1 saturated heterocycles. The quantitative estimate of drug-likeness (QED) is 0.683. The number of carbonyl (C=O) groups is 1. The zero-order chi connectivity index (χ0) is 20.6. The molecule has 0 saturated carbocycles. The van der Waals surface area contributed by atoms with Crippen LogP contribution in [0.3, 0.4) is 0 Å². The summed E-state index contributed by atoms with van der Waals surface area (Å²) >= 11 is 0. The van der Waals surface area contributed by atoms with E-state index in [4.69, 9.17) is 9.47 Å². The Balaban J connectivity index is 1.62. The van der Waals surface area contributed by atoms with Gasteiger partial charge in [0.25, 0.3) is 5.91 Å². The van der Waals surface area contributed by atoms with E-state index in [0.29, 0.717) is 31.9 Å². The zero-order valence-corrected chi connectivity index (χ0v) is 17.1. The van der Waals surface area contributed by atoms with Gasteiger partial charge < -0.3 is 14.4 Å². The third-order valence-electron chi connectivity index (χ3n) is 5.12. The summed E-state index contributed by atoms with van der Waals surface area (Å²) in [4.78, 5) is 17.0. The lowest BCUT2D eigenvalue weighted by molar-refractivity contribution is -0.0444. The molecule has 1 unspecified atom stereocenters. The lowest BCUT2D eigenvalue weighted by Crippen LogP contribution is -2.49. The molecule has 2 aromatic carbocycles. The van der Waals surface area contributed by atoms with Crippen LogP contribution >= 0.6 is 0 Å². The molecule has 3 rings (SSSR count). The Morgan fingerprint density at radius 2 is 1.93 bits per heavy atom. The van der Waals surface area contributed by atoms with E-state index in [9.17, 15) is 9.18 Å². The summed E-state index contributed by atoms with van der Waals surface area (Å²) in [6.45, 7) is 6.59. The largest absolute Gasteiger partial charge is 0.383 e. The number of nitrogens with zero attached hydrogens (tertiary/aromatic N) is 2. The highest BCUT2D eigenvalue weighted by Gasteiger charge is 2.25. The lowest BCUT2D eigenvalue weighted by atomic mass is 10.1. The summed E-state index contributed by atoms with van der Waals surface area (Å²) < 4.78 is 24.3. The first-order valence-corrected chi connectivity index (χ1v) is 9.98. The maximum atomic E-state index is 13.2. The second-order valence-electron chi connectivity index (χ2n) is 7.46. The molecule has 1 atom stereocenters. The Bertz CT molecular complexity index is 780. The Hall–Kier alpha value is -2.28. The van der Waals surface area contributed by atoms with Crippen LogP contribution in [0.4, 0.5) is 4.39 Å². The van der Waals surface area contributed by atoms with Gasteiger partial charge in [-0.15, -0.1) is 0 Å². The molecule has 1 aliphatic rings. The van der Waals surface area contributed by atoms with Gasteiger partial charge in [-0.05, 0) is 36.8 Å². The van der Waals surface area contributed by atoms with E-state index in [1.807, 2.05) is 0 Å². The van der Waals surface area contributed by atoms with Crippen LogP contribution in [-0.2, 0) is 16.0 Å². The molecule has 156 valence electrons. The van der Waals surface area contributed by atoms with Crippen molar-refractivity contribution in [1.82, 2.24) is 9.80 Å². The molecule has 0 spiro atoms. The van der Waals surface area contributed by atoms with Crippen LogP contribution in [0.25, 0.3) is 0 Å². The number of benzene rings is 2. The highest BCUT2D eigenvalue weighted by molar-refractivity contribution is 5.94. The highest BCUT2D eigenvalue weighted by Crippen LogP contribution is 2.14. The smallest absolute Gasteiger partial charge is 0.254 e. The van der Waals surface area contributed by atoms with Crippen molar-refractivity contribution in [1.29, 1.82) is 0 Å². The van der Waals surface area contributed by atoms with Crippen molar-refractivity contribution in [3.05, 3.63) is 71.0 Å². The maximum Gasteiger partial charge on any atom is 0.254 e. The predicted octanol–water partition coefficient (Wildman–Crippen LogP) is 3.12. The number of rotatable bonds is 8. The van der Waals surface area contributed by atoms with Crippen LogP contribution in [0, 0.1) is 12.7 Å². The van der Waals surface area contributed by atoms with Crippen molar-refractivity contribution in [3.63, 3.8) is 0 Å².